The average molecular weight is 204 g/mol. The van der Waals surface area contributed by atoms with E-state index >= 15 is 0 Å². The van der Waals surface area contributed by atoms with Crippen molar-refractivity contribution in [2.45, 2.75) is 41.0 Å². The van der Waals surface area contributed by atoms with Gasteiger partial charge in [-0.1, -0.05) is 38.0 Å². The fraction of sp³-hybridized carbons (Fsp3) is 0.500. The summed E-state index contributed by atoms with van der Waals surface area (Å²) in [7, 11) is 0. The highest BCUT2D eigenvalue weighted by atomic mass is 16.1. The molecule has 0 atom stereocenters. The number of Topliss-reactive ketones (excluding diaryl/α,β-unsaturated/α-hetero) is 1. The highest BCUT2D eigenvalue weighted by molar-refractivity contribution is 6.00. The first-order valence-corrected chi connectivity index (χ1v) is 5.50. The van der Waals surface area contributed by atoms with Crippen LogP contribution in [0, 0.1) is 19.3 Å². The number of aryl methyl sites for hydroxylation is 2. The van der Waals surface area contributed by atoms with Crippen LogP contribution in [0.2, 0.25) is 0 Å². The highest BCUT2D eigenvalue weighted by Crippen LogP contribution is 2.26. The van der Waals surface area contributed by atoms with E-state index in [1.54, 1.807) is 0 Å². The molecule has 0 aliphatic heterocycles. The summed E-state index contributed by atoms with van der Waals surface area (Å²) in [6.45, 7) is 10.1. The minimum absolute atomic E-state index is 0.247. The van der Waals surface area contributed by atoms with Gasteiger partial charge in [0.2, 0.25) is 0 Å². The van der Waals surface area contributed by atoms with Crippen molar-refractivity contribution in [2.75, 3.05) is 0 Å². The van der Waals surface area contributed by atoms with E-state index in [1.165, 1.54) is 0 Å². The number of benzene rings is 1. The second kappa shape index (κ2) is 4.18. The number of carbonyl (C=O) groups excluding carboxylic acids is 1. The lowest BCUT2D eigenvalue weighted by Crippen LogP contribution is -2.23. The number of ketones is 1. The molecule has 0 bridgehead atoms. The molecule has 1 nitrogen and oxygen atoms in total. The van der Waals surface area contributed by atoms with Crippen LogP contribution in [0.3, 0.4) is 0 Å². The van der Waals surface area contributed by atoms with Crippen LogP contribution in [-0.2, 0) is 0 Å². The standard InChI is InChI=1S/C14H20O/c1-6-14(4,5)13(15)12-8-10(2)7-11(3)9-12/h7-9H,6H2,1-5H3. The average Bonchev–Trinajstić information content (AvgIpc) is 2.15. The maximum absolute atomic E-state index is 12.2. The first-order valence-electron chi connectivity index (χ1n) is 5.50. The molecule has 0 spiro atoms. The lowest BCUT2D eigenvalue weighted by Gasteiger charge is -2.21. The SMILES string of the molecule is CCC(C)(C)C(=O)c1cc(C)cc(C)c1. The normalized spacial score (nSPS) is 11.5. The molecule has 0 heterocycles. The van der Waals surface area contributed by atoms with E-state index in [1.807, 2.05) is 39.8 Å². The van der Waals surface area contributed by atoms with E-state index in [0.717, 1.165) is 23.1 Å². The van der Waals surface area contributed by atoms with Gasteiger partial charge in [0.15, 0.2) is 5.78 Å². The summed E-state index contributed by atoms with van der Waals surface area (Å²) >= 11 is 0. The van der Waals surface area contributed by atoms with Gasteiger partial charge in [0.1, 0.15) is 0 Å². The monoisotopic (exact) mass is 204 g/mol. The fourth-order valence-corrected chi connectivity index (χ4v) is 1.66. The van der Waals surface area contributed by atoms with Crippen LogP contribution in [0.15, 0.2) is 18.2 Å². The number of rotatable bonds is 3. The van der Waals surface area contributed by atoms with Gasteiger partial charge in [0.25, 0.3) is 0 Å². The van der Waals surface area contributed by atoms with E-state index in [2.05, 4.69) is 13.0 Å². The smallest absolute Gasteiger partial charge is 0.168 e. The summed E-state index contributed by atoms with van der Waals surface area (Å²) in [5.41, 5.74) is 2.91. The highest BCUT2D eigenvalue weighted by Gasteiger charge is 2.26. The van der Waals surface area contributed by atoms with E-state index in [4.69, 9.17) is 0 Å². The summed E-state index contributed by atoms with van der Waals surface area (Å²) in [6.07, 6.45) is 0.874. The molecular formula is C14H20O. The Balaban J connectivity index is 3.12. The maximum atomic E-state index is 12.2. The molecule has 1 rings (SSSR count). The van der Waals surface area contributed by atoms with Gasteiger partial charge in [-0.2, -0.15) is 0 Å². The number of carbonyl (C=O) groups is 1. The van der Waals surface area contributed by atoms with Crippen molar-refractivity contribution in [1.82, 2.24) is 0 Å². The fourth-order valence-electron chi connectivity index (χ4n) is 1.66. The van der Waals surface area contributed by atoms with Crippen LogP contribution in [0.5, 0.6) is 0 Å². The van der Waals surface area contributed by atoms with Crippen LogP contribution in [0.1, 0.15) is 48.7 Å². The van der Waals surface area contributed by atoms with Crippen LogP contribution < -0.4 is 0 Å². The second-order valence-electron chi connectivity index (χ2n) is 4.94. The molecule has 0 aliphatic carbocycles. The lowest BCUT2D eigenvalue weighted by atomic mass is 9.81. The largest absolute Gasteiger partial charge is 0.294 e. The van der Waals surface area contributed by atoms with Crippen molar-refractivity contribution >= 4 is 5.78 Å². The Morgan fingerprint density at radius 3 is 2.00 bits per heavy atom. The third kappa shape index (κ3) is 2.68. The molecule has 1 heteroatoms. The third-order valence-electron chi connectivity index (χ3n) is 2.98. The predicted octanol–water partition coefficient (Wildman–Crippen LogP) is 3.92. The molecule has 82 valence electrons. The van der Waals surface area contributed by atoms with Gasteiger partial charge in [-0.25, -0.2) is 0 Å². The van der Waals surface area contributed by atoms with Gasteiger partial charge in [-0.15, -0.1) is 0 Å². The molecule has 0 radical (unpaired) electrons. The van der Waals surface area contributed by atoms with Crippen molar-refractivity contribution in [3.63, 3.8) is 0 Å². The molecule has 15 heavy (non-hydrogen) atoms. The molecule has 0 aromatic heterocycles. The second-order valence-corrected chi connectivity index (χ2v) is 4.94. The zero-order valence-corrected chi connectivity index (χ0v) is 10.3. The Morgan fingerprint density at radius 1 is 1.13 bits per heavy atom. The first kappa shape index (κ1) is 12.0. The zero-order valence-electron chi connectivity index (χ0n) is 10.3. The van der Waals surface area contributed by atoms with E-state index in [-0.39, 0.29) is 11.2 Å². The summed E-state index contributed by atoms with van der Waals surface area (Å²) in [5.74, 6) is 0.247. The Morgan fingerprint density at radius 2 is 1.60 bits per heavy atom. The van der Waals surface area contributed by atoms with Crippen LogP contribution in [0.4, 0.5) is 0 Å². The molecule has 0 amide bonds. The minimum atomic E-state index is -0.250. The van der Waals surface area contributed by atoms with Crippen molar-refractivity contribution in [1.29, 1.82) is 0 Å². The van der Waals surface area contributed by atoms with Gasteiger partial charge in [-0.3, -0.25) is 4.79 Å². The molecule has 0 saturated heterocycles. The molecule has 0 aliphatic rings. The van der Waals surface area contributed by atoms with Crippen LogP contribution >= 0.6 is 0 Å². The topological polar surface area (TPSA) is 17.1 Å². The van der Waals surface area contributed by atoms with Crippen molar-refractivity contribution in [2.24, 2.45) is 5.41 Å². The molecular weight excluding hydrogens is 184 g/mol. The Hall–Kier alpha value is -1.11. The van der Waals surface area contributed by atoms with Gasteiger partial charge in [0.05, 0.1) is 0 Å². The maximum Gasteiger partial charge on any atom is 0.168 e. The first-order chi connectivity index (χ1) is 6.86. The van der Waals surface area contributed by atoms with Gasteiger partial charge in [-0.05, 0) is 32.4 Å². The Kier molecular flexibility index (Phi) is 3.33. The lowest BCUT2D eigenvalue weighted by molar-refractivity contribution is 0.0833. The molecule has 1 aromatic carbocycles. The molecule has 0 fully saturated rings. The van der Waals surface area contributed by atoms with Crippen molar-refractivity contribution in [3.8, 4) is 0 Å². The number of hydrogen-bond acceptors (Lipinski definition) is 1. The van der Waals surface area contributed by atoms with Gasteiger partial charge >= 0.3 is 0 Å². The molecule has 0 unspecified atom stereocenters. The summed E-state index contributed by atoms with van der Waals surface area (Å²) < 4.78 is 0. The van der Waals surface area contributed by atoms with E-state index < -0.39 is 0 Å². The quantitative estimate of drug-likeness (QED) is 0.682. The van der Waals surface area contributed by atoms with Crippen molar-refractivity contribution < 1.29 is 4.79 Å². The molecule has 1 aromatic rings. The van der Waals surface area contributed by atoms with Gasteiger partial charge in [0, 0.05) is 11.0 Å². The van der Waals surface area contributed by atoms with Crippen molar-refractivity contribution in [3.05, 3.63) is 34.9 Å². The Bertz CT molecular complexity index is 355. The zero-order chi connectivity index (χ0) is 11.6. The van der Waals surface area contributed by atoms with Gasteiger partial charge < -0.3 is 0 Å². The van der Waals surface area contributed by atoms with E-state index in [9.17, 15) is 4.79 Å². The minimum Gasteiger partial charge on any atom is -0.294 e. The van der Waals surface area contributed by atoms with E-state index in [0.29, 0.717) is 0 Å². The summed E-state index contributed by atoms with van der Waals surface area (Å²) in [4.78, 5) is 12.2. The number of hydrogen-bond donors (Lipinski definition) is 0. The summed E-state index contributed by atoms with van der Waals surface area (Å²) in [5, 5.41) is 0. The molecule has 0 N–H and O–H groups in total. The predicted molar refractivity (Wildman–Crippen MR) is 64.3 cm³/mol. The summed E-state index contributed by atoms with van der Waals surface area (Å²) in [6, 6.07) is 6.05. The molecule has 0 saturated carbocycles. The van der Waals surface area contributed by atoms with Crippen LogP contribution in [0.25, 0.3) is 0 Å². The third-order valence-corrected chi connectivity index (χ3v) is 2.98. The Labute approximate surface area is 92.5 Å². The van der Waals surface area contributed by atoms with Crippen LogP contribution in [-0.4, -0.2) is 5.78 Å².